The van der Waals surface area contributed by atoms with Gasteiger partial charge in [0.15, 0.2) is 0 Å². The van der Waals surface area contributed by atoms with Crippen LogP contribution < -0.4 is 9.47 Å². The molecule has 1 aliphatic rings. The van der Waals surface area contributed by atoms with Gasteiger partial charge in [-0.2, -0.15) is 0 Å². The summed E-state index contributed by atoms with van der Waals surface area (Å²) < 4.78 is 22.9. The molecule has 22 heavy (non-hydrogen) atoms. The zero-order valence-electron chi connectivity index (χ0n) is 12.4. The van der Waals surface area contributed by atoms with Gasteiger partial charge in [-0.15, -0.1) is 0 Å². The van der Waals surface area contributed by atoms with Crippen molar-refractivity contribution in [2.24, 2.45) is 0 Å². The molecule has 0 aliphatic carbocycles. The first-order valence-corrected chi connectivity index (χ1v) is 7.49. The van der Waals surface area contributed by atoms with E-state index in [-0.39, 0.29) is 12.2 Å². The van der Waals surface area contributed by atoms with E-state index in [2.05, 4.69) is 0 Å². The van der Waals surface area contributed by atoms with E-state index in [0.717, 1.165) is 11.5 Å². The Labute approximate surface area is 130 Å². The number of ether oxygens (including phenoxy) is 4. The van der Waals surface area contributed by atoms with Crippen molar-refractivity contribution in [1.29, 1.82) is 0 Å². The summed E-state index contributed by atoms with van der Waals surface area (Å²) >= 11 is 0. The van der Waals surface area contributed by atoms with Crippen LogP contribution in [-0.2, 0) is 9.47 Å². The lowest BCUT2D eigenvalue weighted by Gasteiger charge is -2.29. The molecule has 0 spiro atoms. The summed E-state index contributed by atoms with van der Waals surface area (Å²) in [4.78, 5) is 0. The third-order valence-corrected chi connectivity index (χ3v) is 3.39. The molecule has 2 aromatic rings. The van der Waals surface area contributed by atoms with Crippen LogP contribution in [0.3, 0.4) is 0 Å². The van der Waals surface area contributed by atoms with E-state index in [1.54, 1.807) is 0 Å². The van der Waals surface area contributed by atoms with Gasteiger partial charge in [0, 0.05) is 0 Å². The maximum atomic E-state index is 5.77. The number of rotatable bonds is 6. The second-order valence-electron chi connectivity index (χ2n) is 5.16. The first kappa shape index (κ1) is 14.9. The molecule has 4 heteroatoms. The number of hydrogen-bond donors (Lipinski definition) is 0. The Morgan fingerprint density at radius 3 is 1.45 bits per heavy atom. The molecule has 1 saturated heterocycles. The molecule has 0 radical (unpaired) electrons. The van der Waals surface area contributed by atoms with Crippen LogP contribution >= 0.6 is 0 Å². The maximum Gasteiger partial charge on any atom is 0.119 e. The lowest BCUT2D eigenvalue weighted by molar-refractivity contribution is -0.150. The van der Waals surface area contributed by atoms with Crippen molar-refractivity contribution in [3.05, 3.63) is 60.7 Å². The highest BCUT2D eigenvalue weighted by Gasteiger charge is 2.23. The fourth-order valence-corrected chi connectivity index (χ4v) is 2.19. The second kappa shape index (κ2) is 7.82. The van der Waals surface area contributed by atoms with Gasteiger partial charge < -0.3 is 18.9 Å². The van der Waals surface area contributed by atoms with Crippen molar-refractivity contribution >= 4 is 0 Å². The quantitative estimate of drug-likeness (QED) is 0.822. The predicted molar refractivity (Wildman–Crippen MR) is 83.4 cm³/mol. The van der Waals surface area contributed by atoms with Crippen molar-refractivity contribution in [2.45, 2.75) is 12.2 Å². The molecule has 1 heterocycles. The summed E-state index contributed by atoms with van der Waals surface area (Å²) in [6.45, 7) is 2.04. The Bertz CT molecular complexity index is 484. The van der Waals surface area contributed by atoms with Gasteiger partial charge in [0.1, 0.15) is 36.9 Å². The van der Waals surface area contributed by atoms with Crippen LogP contribution in [0.1, 0.15) is 0 Å². The van der Waals surface area contributed by atoms with E-state index in [1.807, 2.05) is 60.7 Å². The molecule has 2 atom stereocenters. The van der Waals surface area contributed by atoms with Crippen LogP contribution in [0, 0.1) is 0 Å². The molecule has 3 rings (SSSR count). The van der Waals surface area contributed by atoms with Crippen molar-refractivity contribution in [3.63, 3.8) is 0 Å². The lowest BCUT2D eigenvalue weighted by atomic mass is 10.3. The van der Waals surface area contributed by atoms with Crippen molar-refractivity contribution in [2.75, 3.05) is 26.4 Å². The summed E-state index contributed by atoms with van der Waals surface area (Å²) in [5, 5.41) is 0. The number of benzene rings is 2. The van der Waals surface area contributed by atoms with Gasteiger partial charge in [0.25, 0.3) is 0 Å². The van der Waals surface area contributed by atoms with E-state index in [1.165, 1.54) is 0 Å². The van der Waals surface area contributed by atoms with E-state index < -0.39 is 0 Å². The van der Waals surface area contributed by atoms with Gasteiger partial charge in [0.05, 0.1) is 13.2 Å². The average molecular weight is 300 g/mol. The SMILES string of the molecule is c1ccc(OCC2COC(COc3ccccc3)CO2)cc1. The van der Waals surface area contributed by atoms with E-state index in [0.29, 0.717) is 26.4 Å². The molecule has 1 aliphatic heterocycles. The Kier molecular flexibility index (Phi) is 5.29. The third-order valence-electron chi connectivity index (χ3n) is 3.39. The summed E-state index contributed by atoms with van der Waals surface area (Å²) in [5.74, 6) is 1.70. The zero-order chi connectivity index (χ0) is 15.0. The zero-order valence-corrected chi connectivity index (χ0v) is 12.4. The first-order chi connectivity index (χ1) is 10.9. The van der Waals surface area contributed by atoms with E-state index >= 15 is 0 Å². The van der Waals surface area contributed by atoms with E-state index in [4.69, 9.17) is 18.9 Å². The summed E-state index contributed by atoms with van der Waals surface area (Å²) in [7, 11) is 0. The fourth-order valence-electron chi connectivity index (χ4n) is 2.19. The highest BCUT2D eigenvalue weighted by Crippen LogP contribution is 2.14. The largest absolute Gasteiger partial charge is 0.491 e. The summed E-state index contributed by atoms with van der Waals surface area (Å²) in [6.07, 6.45) is -0.0682. The van der Waals surface area contributed by atoms with Gasteiger partial charge in [-0.25, -0.2) is 0 Å². The van der Waals surface area contributed by atoms with Gasteiger partial charge in [0.2, 0.25) is 0 Å². The molecule has 0 amide bonds. The van der Waals surface area contributed by atoms with Crippen LogP contribution in [-0.4, -0.2) is 38.6 Å². The average Bonchev–Trinajstić information content (AvgIpc) is 2.61. The van der Waals surface area contributed by atoms with Gasteiger partial charge in [-0.3, -0.25) is 0 Å². The van der Waals surface area contributed by atoms with Crippen LogP contribution in [0.4, 0.5) is 0 Å². The Balaban J connectivity index is 1.35. The first-order valence-electron chi connectivity index (χ1n) is 7.49. The van der Waals surface area contributed by atoms with Crippen molar-refractivity contribution in [1.82, 2.24) is 0 Å². The van der Waals surface area contributed by atoms with Gasteiger partial charge >= 0.3 is 0 Å². The number of hydrogen-bond acceptors (Lipinski definition) is 4. The highest BCUT2D eigenvalue weighted by molar-refractivity contribution is 5.21. The molecular weight excluding hydrogens is 280 g/mol. The van der Waals surface area contributed by atoms with Crippen LogP contribution in [0.25, 0.3) is 0 Å². The minimum atomic E-state index is -0.0341. The molecule has 2 unspecified atom stereocenters. The minimum Gasteiger partial charge on any atom is -0.491 e. The smallest absolute Gasteiger partial charge is 0.119 e. The molecule has 2 aromatic carbocycles. The maximum absolute atomic E-state index is 5.77. The second-order valence-corrected chi connectivity index (χ2v) is 5.16. The monoisotopic (exact) mass is 300 g/mol. The van der Waals surface area contributed by atoms with Gasteiger partial charge in [-0.1, -0.05) is 36.4 Å². The standard InChI is InChI=1S/C18H20O4/c1-3-7-15(8-4-1)19-11-17-13-22-18(14-21-17)12-20-16-9-5-2-6-10-16/h1-10,17-18H,11-14H2. The Hall–Kier alpha value is -2.04. The van der Waals surface area contributed by atoms with Crippen LogP contribution in [0.15, 0.2) is 60.7 Å². The topological polar surface area (TPSA) is 36.9 Å². The molecule has 1 fully saturated rings. The van der Waals surface area contributed by atoms with Crippen LogP contribution in [0.2, 0.25) is 0 Å². The van der Waals surface area contributed by atoms with Crippen molar-refractivity contribution in [3.8, 4) is 11.5 Å². The molecule has 0 N–H and O–H groups in total. The number of para-hydroxylation sites is 2. The summed E-state index contributed by atoms with van der Waals surface area (Å²) in [6, 6.07) is 19.4. The molecule has 0 aromatic heterocycles. The predicted octanol–water partition coefficient (Wildman–Crippen LogP) is 2.93. The minimum absolute atomic E-state index is 0.0341. The normalized spacial score (nSPS) is 21.3. The molecule has 0 saturated carbocycles. The van der Waals surface area contributed by atoms with E-state index in [9.17, 15) is 0 Å². The molecule has 0 bridgehead atoms. The third kappa shape index (κ3) is 4.48. The fraction of sp³-hybridized carbons (Fsp3) is 0.333. The highest BCUT2D eigenvalue weighted by atomic mass is 16.6. The Morgan fingerprint density at radius 2 is 1.09 bits per heavy atom. The molecule has 116 valence electrons. The molecular formula is C18H20O4. The molecule has 4 nitrogen and oxygen atoms in total. The summed E-state index contributed by atoms with van der Waals surface area (Å²) in [5.41, 5.74) is 0. The van der Waals surface area contributed by atoms with Gasteiger partial charge in [-0.05, 0) is 24.3 Å². The Morgan fingerprint density at radius 1 is 0.682 bits per heavy atom. The lowest BCUT2D eigenvalue weighted by Crippen LogP contribution is -2.41. The van der Waals surface area contributed by atoms with Crippen molar-refractivity contribution < 1.29 is 18.9 Å². The van der Waals surface area contributed by atoms with Crippen LogP contribution in [0.5, 0.6) is 11.5 Å².